The first-order valence-electron chi connectivity index (χ1n) is 5.37. The molecule has 0 atom stereocenters. The van der Waals surface area contributed by atoms with Gasteiger partial charge in [-0.05, 0) is 17.7 Å². The Morgan fingerprint density at radius 3 is 2.50 bits per heavy atom. The molecule has 0 unspecified atom stereocenters. The Balaban J connectivity index is 2.21. The molecule has 7 heteroatoms. The molecule has 2 rings (SSSR count). The lowest BCUT2D eigenvalue weighted by Crippen LogP contribution is -2.21. The molecular weight excluding hydrogens is 254 g/mol. The molecule has 0 saturated heterocycles. The minimum atomic E-state index is 0.183. The molecule has 0 saturated carbocycles. The highest BCUT2D eigenvalue weighted by molar-refractivity contribution is 6.28. The fourth-order valence-electron chi connectivity index (χ4n) is 1.43. The molecule has 0 N–H and O–H groups in total. The molecule has 2 aromatic heterocycles. The van der Waals surface area contributed by atoms with E-state index >= 15 is 0 Å². The fraction of sp³-hybridized carbons (Fsp3) is 0.364. The number of hydrogen-bond donors (Lipinski definition) is 0. The van der Waals surface area contributed by atoms with Crippen molar-refractivity contribution in [3.8, 4) is 0 Å². The van der Waals surface area contributed by atoms with Gasteiger partial charge in [-0.15, -0.1) is 0 Å². The van der Waals surface area contributed by atoms with Crippen molar-refractivity contribution >= 4 is 23.5 Å². The van der Waals surface area contributed by atoms with E-state index in [1.54, 1.807) is 17.4 Å². The number of nitrogens with zero attached hydrogens (tertiary/aromatic N) is 5. The molecule has 18 heavy (non-hydrogen) atoms. The van der Waals surface area contributed by atoms with Crippen LogP contribution in [0.25, 0.3) is 0 Å². The zero-order chi connectivity index (χ0) is 13.1. The van der Waals surface area contributed by atoms with Crippen molar-refractivity contribution in [1.29, 1.82) is 0 Å². The third-order valence-electron chi connectivity index (χ3n) is 2.33. The van der Waals surface area contributed by atoms with Gasteiger partial charge in [-0.1, -0.05) is 0 Å². The summed E-state index contributed by atoms with van der Waals surface area (Å²) >= 11 is 5.89. The fourth-order valence-corrected chi connectivity index (χ4v) is 1.58. The van der Waals surface area contributed by atoms with E-state index in [0.29, 0.717) is 18.4 Å². The van der Waals surface area contributed by atoms with Crippen LogP contribution in [0.15, 0.2) is 23.0 Å². The molecule has 0 amide bonds. The molecule has 0 aliphatic carbocycles. The van der Waals surface area contributed by atoms with Crippen molar-refractivity contribution in [2.75, 3.05) is 30.9 Å². The highest BCUT2D eigenvalue weighted by atomic mass is 35.5. The van der Waals surface area contributed by atoms with Gasteiger partial charge in [-0.2, -0.15) is 15.0 Å². The van der Waals surface area contributed by atoms with Gasteiger partial charge in [0.15, 0.2) is 0 Å². The summed E-state index contributed by atoms with van der Waals surface area (Å²) in [5.41, 5.74) is 1.04. The van der Waals surface area contributed by atoms with E-state index in [2.05, 4.69) is 15.0 Å². The largest absolute Gasteiger partial charge is 0.472 e. The number of furan rings is 1. The van der Waals surface area contributed by atoms with E-state index in [1.165, 1.54) is 0 Å². The van der Waals surface area contributed by atoms with Gasteiger partial charge in [0.05, 0.1) is 12.5 Å². The first-order chi connectivity index (χ1) is 8.56. The molecule has 0 fully saturated rings. The Hall–Kier alpha value is -1.82. The van der Waals surface area contributed by atoms with Gasteiger partial charge in [0.1, 0.15) is 0 Å². The second-order valence-electron chi connectivity index (χ2n) is 4.09. The number of rotatable bonds is 4. The van der Waals surface area contributed by atoms with E-state index in [-0.39, 0.29) is 5.28 Å². The monoisotopic (exact) mass is 267 g/mol. The van der Waals surface area contributed by atoms with Crippen molar-refractivity contribution in [3.05, 3.63) is 29.4 Å². The quantitative estimate of drug-likeness (QED) is 0.842. The van der Waals surface area contributed by atoms with Crippen LogP contribution in [-0.2, 0) is 6.54 Å². The Kier molecular flexibility index (Phi) is 3.66. The first kappa shape index (κ1) is 12.6. The summed E-state index contributed by atoms with van der Waals surface area (Å²) in [5, 5.41) is 0.183. The van der Waals surface area contributed by atoms with Crippen LogP contribution in [0.4, 0.5) is 11.9 Å². The highest BCUT2D eigenvalue weighted by Gasteiger charge is 2.11. The standard InChI is InChI=1S/C11H14ClN5O/c1-16(2)10-13-9(12)14-11(15-10)17(3)6-8-4-5-18-7-8/h4-5,7H,6H2,1-3H3. The average Bonchev–Trinajstić information content (AvgIpc) is 2.80. The molecule has 2 heterocycles. The summed E-state index contributed by atoms with van der Waals surface area (Å²) in [6.45, 7) is 0.643. The summed E-state index contributed by atoms with van der Waals surface area (Å²) in [4.78, 5) is 16.1. The Bertz CT molecular complexity index is 514. The van der Waals surface area contributed by atoms with Crippen molar-refractivity contribution < 1.29 is 4.42 Å². The highest BCUT2D eigenvalue weighted by Crippen LogP contribution is 2.16. The van der Waals surface area contributed by atoms with Gasteiger partial charge in [0.2, 0.25) is 17.2 Å². The summed E-state index contributed by atoms with van der Waals surface area (Å²) in [6.07, 6.45) is 3.32. The second kappa shape index (κ2) is 5.22. The summed E-state index contributed by atoms with van der Waals surface area (Å²) in [7, 11) is 5.59. The molecule has 0 aromatic carbocycles. The zero-order valence-electron chi connectivity index (χ0n) is 10.5. The van der Waals surface area contributed by atoms with Crippen LogP contribution >= 0.6 is 11.6 Å². The number of anilines is 2. The molecule has 0 spiro atoms. The normalized spacial score (nSPS) is 10.4. The summed E-state index contributed by atoms with van der Waals surface area (Å²) in [6, 6.07) is 1.89. The molecule has 6 nitrogen and oxygen atoms in total. The van der Waals surface area contributed by atoms with Crippen molar-refractivity contribution in [2.24, 2.45) is 0 Å². The average molecular weight is 268 g/mol. The van der Waals surface area contributed by atoms with Crippen molar-refractivity contribution in [1.82, 2.24) is 15.0 Å². The van der Waals surface area contributed by atoms with Crippen LogP contribution in [0.2, 0.25) is 5.28 Å². The van der Waals surface area contributed by atoms with Crippen LogP contribution in [0.1, 0.15) is 5.56 Å². The molecular formula is C11H14ClN5O. The van der Waals surface area contributed by atoms with Gasteiger partial charge >= 0.3 is 0 Å². The van der Waals surface area contributed by atoms with Gasteiger partial charge < -0.3 is 14.2 Å². The van der Waals surface area contributed by atoms with E-state index < -0.39 is 0 Å². The van der Waals surface area contributed by atoms with Crippen LogP contribution in [-0.4, -0.2) is 36.1 Å². The van der Waals surface area contributed by atoms with Crippen LogP contribution in [0, 0.1) is 0 Å². The number of aromatic nitrogens is 3. The maximum absolute atomic E-state index is 5.89. The number of hydrogen-bond acceptors (Lipinski definition) is 6. The minimum Gasteiger partial charge on any atom is -0.472 e. The van der Waals surface area contributed by atoms with Gasteiger partial charge in [-0.3, -0.25) is 0 Å². The predicted octanol–water partition coefficient (Wildman–Crippen LogP) is 1.82. The molecule has 0 aliphatic heterocycles. The lowest BCUT2D eigenvalue weighted by Gasteiger charge is -2.18. The zero-order valence-corrected chi connectivity index (χ0v) is 11.2. The summed E-state index contributed by atoms with van der Waals surface area (Å²) < 4.78 is 5.02. The predicted molar refractivity (Wildman–Crippen MR) is 70.0 cm³/mol. The van der Waals surface area contributed by atoms with Crippen molar-refractivity contribution in [3.63, 3.8) is 0 Å². The Morgan fingerprint density at radius 2 is 1.89 bits per heavy atom. The summed E-state index contributed by atoms with van der Waals surface area (Å²) in [5.74, 6) is 1.06. The van der Waals surface area contributed by atoms with E-state index in [1.807, 2.05) is 32.1 Å². The number of halogens is 1. The SMILES string of the molecule is CN(C)c1nc(Cl)nc(N(C)Cc2ccoc2)n1. The molecule has 0 aliphatic rings. The smallest absolute Gasteiger partial charge is 0.231 e. The van der Waals surface area contributed by atoms with Crippen LogP contribution < -0.4 is 9.80 Å². The van der Waals surface area contributed by atoms with E-state index in [0.717, 1.165) is 5.56 Å². The maximum Gasteiger partial charge on any atom is 0.231 e. The molecule has 96 valence electrons. The molecule has 0 radical (unpaired) electrons. The third kappa shape index (κ3) is 2.89. The van der Waals surface area contributed by atoms with Gasteiger partial charge in [0, 0.05) is 33.3 Å². The topological polar surface area (TPSA) is 58.3 Å². The molecule has 2 aromatic rings. The molecule has 0 bridgehead atoms. The van der Waals surface area contributed by atoms with E-state index in [4.69, 9.17) is 16.0 Å². The van der Waals surface area contributed by atoms with Crippen LogP contribution in [0.5, 0.6) is 0 Å². The van der Waals surface area contributed by atoms with Crippen LogP contribution in [0.3, 0.4) is 0 Å². The van der Waals surface area contributed by atoms with Gasteiger partial charge in [-0.25, -0.2) is 0 Å². The Morgan fingerprint density at radius 1 is 1.17 bits per heavy atom. The minimum absolute atomic E-state index is 0.183. The van der Waals surface area contributed by atoms with E-state index in [9.17, 15) is 0 Å². The Labute approximate surface area is 110 Å². The lowest BCUT2D eigenvalue weighted by atomic mass is 10.3. The van der Waals surface area contributed by atoms with Gasteiger partial charge in [0.25, 0.3) is 0 Å². The second-order valence-corrected chi connectivity index (χ2v) is 4.42. The maximum atomic E-state index is 5.89. The van der Waals surface area contributed by atoms with Crippen molar-refractivity contribution in [2.45, 2.75) is 6.54 Å². The third-order valence-corrected chi connectivity index (χ3v) is 2.49. The first-order valence-corrected chi connectivity index (χ1v) is 5.75. The lowest BCUT2D eigenvalue weighted by molar-refractivity contribution is 0.563.